The number of carbonyl (C=O) groups is 2. The molecule has 1 aliphatic rings. The molecule has 1 N–H and O–H groups in total. The molecule has 2 heterocycles. The second-order valence-corrected chi connectivity index (χ2v) is 3.89. The Morgan fingerprint density at radius 2 is 2.50 bits per heavy atom. The van der Waals surface area contributed by atoms with E-state index in [4.69, 9.17) is 14.6 Å². The maximum atomic E-state index is 11.6. The average molecular weight is 254 g/mol. The van der Waals surface area contributed by atoms with Gasteiger partial charge in [0.05, 0.1) is 13.2 Å². The van der Waals surface area contributed by atoms with E-state index in [1.165, 1.54) is 10.7 Å². The van der Waals surface area contributed by atoms with E-state index in [1.54, 1.807) is 0 Å². The highest BCUT2D eigenvalue weighted by molar-refractivity contribution is 5.86. The highest BCUT2D eigenvalue weighted by Crippen LogP contribution is 2.17. The molecule has 7 nitrogen and oxygen atoms in total. The van der Waals surface area contributed by atoms with E-state index < -0.39 is 12.1 Å². The summed E-state index contributed by atoms with van der Waals surface area (Å²) in [6.07, 6.45) is -0.362. The molecule has 1 fully saturated rings. The summed E-state index contributed by atoms with van der Waals surface area (Å²) in [4.78, 5) is 22.4. The van der Waals surface area contributed by atoms with Gasteiger partial charge in [-0.05, 0) is 6.92 Å². The van der Waals surface area contributed by atoms with Crippen LogP contribution in [0.5, 0.6) is 5.88 Å². The summed E-state index contributed by atoms with van der Waals surface area (Å²) in [6.45, 7) is 2.87. The minimum atomic E-state index is -1.13. The first-order chi connectivity index (χ1) is 8.61. The molecule has 0 aromatic carbocycles. The predicted octanol–water partition coefficient (Wildman–Crippen LogP) is 0.338. The number of aromatic carboxylic acids is 1. The smallest absolute Gasteiger partial charge is 0.356 e. The third-order valence-electron chi connectivity index (χ3n) is 2.65. The van der Waals surface area contributed by atoms with Crippen molar-refractivity contribution in [1.82, 2.24) is 9.78 Å². The van der Waals surface area contributed by atoms with E-state index in [2.05, 4.69) is 5.10 Å². The molecule has 7 heteroatoms. The van der Waals surface area contributed by atoms with E-state index >= 15 is 0 Å². The second-order valence-electron chi connectivity index (χ2n) is 3.89. The number of hydrogen-bond donors (Lipinski definition) is 1. The van der Waals surface area contributed by atoms with Crippen LogP contribution in [0, 0.1) is 0 Å². The van der Waals surface area contributed by atoms with Gasteiger partial charge >= 0.3 is 5.97 Å². The number of nitrogens with zero attached hydrogens (tertiary/aromatic N) is 2. The van der Waals surface area contributed by atoms with Crippen molar-refractivity contribution >= 4 is 11.8 Å². The quantitative estimate of drug-likeness (QED) is 0.833. The monoisotopic (exact) mass is 254 g/mol. The predicted molar refractivity (Wildman–Crippen MR) is 59.7 cm³/mol. The SMILES string of the molecule is CCn1nc(C(=O)O)cc1OC1COCCC1=O. The highest BCUT2D eigenvalue weighted by Gasteiger charge is 2.26. The molecule has 1 aromatic heterocycles. The van der Waals surface area contributed by atoms with Crippen molar-refractivity contribution in [2.24, 2.45) is 0 Å². The Bertz CT molecular complexity index is 468. The topological polar surface area (TPSA) is 90.7 Å². The van der Waals surface area contributed by atoms with Crippen LogP contribution in [0.25, 0.3) is 0 Å². The van der Waals surface area contributed by atoms with E-state index in [0.717, 1.165) is 0 Å². The minimum Gasteiger partial charge on any atom is -0.476 e. The lowest BCUT2D eigenvalue weighted by atomic mass is 10.1. The van der Waals surface area contributed by atoms with Gasteiger partial charge in [-0.2, -0.15) is 5.10 Å². The molecule has 1 aromatic rings. The number of carbonyl (C=O) groups excluding carboxylic acids is 1. The van der Waals surface area contributed by atoms with Crippen LogP contribution in [0.15, 0.2) is 6.07 Å². The molecular formula is C11H14N2O5. The zero-order valence-corrected chi connectivity index (χ0v) is 9.96. The van der Waals surface area contributed by atoms with Gasteiger partial charge in [0.2, 0.25) is 5.88 Å². The molecule has 1 unspecified atom stereocenters. The lowest BCUT2D eigenvalue weighted by molar-refractivity contribution is -0.135. The Kier molecular flexibility index (Phi) is 3.61. The van der Waals surface area contributed by atoms with Gasteiger partial charge in [-0.1, -0.05) is 0 Å². The minimum absolute atomic E-state index is 0.0398. The van der Waals surface area contributed by atoms with Gasteiger partial charge < -0.3 is 14.6 Å². The molecule has 0 aliphatic carbocycles. The zero-order valence-electron chi connectivity index (χ0n) is 9.96. The molecule has 1 aliphatic heterocycles. The van der Waals surface area contributed by atoms with Crippen molar-refractivity contribution in [1.29, 1.82) is 0 Å². The van der Waals surface area contributed by atoms with Crippen LogP contribution >= 0.6 is 0 Å². The van der Waals surface area contributed by atoms with Crippen LogP contribution in [-0.4, -0.2) is 46.0 Å². The number of hydrogen-bond acceptors (Lipinski definition) is 5. The standard InChI is InChI=1S/C11H14N2O5/c1-2-13-10(5-7(12-13)11(15)16)18-9-6-17-4-3-8(9)14/h5,9H,2-4,6H2,1H3,(H,15,16). The molecule has 1 atom stereocenters. The Morgan fingerprint density at radius 1 is 1.72 bits per heavy atom. The van der Waals surface area contributed by atoms with Crippen LogP contribution < -0.4 is 4.74 Å². The van der Waals surface area contributed by atoms with Crippen molar-refractivity contribution in [3.8, 4) is 5.88 Å². The van der Waals surface area contributed by atoms with Gasteiger partial charge in [0.1, 0.15) is 0 Å². The third-order valence-corrected chi connectivity index (χ3v) is 2.65. The fraction of sp³-hybridized carbons (Fsp3) is 0.545. The van der Waals surface area contributed by atoms with Crippen LogP contribution in [0.1, 0.15) is 23.8 Å². The molecule has 0 amide bonds. The lowest BCUT2D eigenvalue weighted by Gasteiger charge is -2.22. The summed E-state index contributed by atoms with van der Waals surface area (Å²) in [7, 11) is 0. The van der Waals surface area contributed by atoms with E-state index in [1.807, 2.05) is 6.92 Å². The van der Waals surface area contributed by atoms with Gasteiger partial charge in [0.25, 0.3) is 0 Å². The maximum Gasteiger partial charge on any atom is 0.356 e. The van der Waals surface area contributed by atoms with Crippen molar-refractivity contribution in [2.75, 3.05) is 13.2 Å². The summed E-state index contributed by atoms with van der Waals surface area (Å²) >= 11 is 0. The maximum absolute atomic E-state index is 11.6. The normalized spacial score (nSPS) is 19.8. The summed E-state index contributed by atoms with van der Waals surface area (Å²) < 4.78 is 12.1. The zero-order chi connectivity index (χ0) is 13.1. The number of ether oxygens (including phenoxy) is 2. The van der Waals surface area contributed by atoms with E-state index in [-0.39, 0.29) is 24.0 Å². The molecule has 0 saturated carbocycles. The molecule has 2 rings (SSSR count). The van der Waals surface area contributed by atoms with Crippen LogP contribution in [0.3, 0.4) is 0 Å². The number of aromatic nitrogens is 2. The summed E-state index contributed by atoms with van der Waals surface area (Å²) in [5, 5.41) is 12.7. The van der Waals surface area contributed by atoms with Crippen molar-refractivity contribution in [3.05, 3.63) is 11.8 Å². The fourth-order valence-corrected chi connectivity index (χ4v) is 1.69. The molecule has 0 spiro atoms. The average Bonchev–Trinajstić information content (AvgIpc) is 2.75. The Balaban J connectivity index is 2.16. The molecule has 98 valence electrons. The van der Waals surface area contributed by atoms with Crippen molar-refractivity contribution in [3.63, 3.8) is 0 Å². The molecule has 0 bridgehead atoms. The van der Waals surface area contributed by atoms with Crippen LogP contribution in [0.4, 0.5) is 0 Å². The second kappa shape index (κ2) is 5.18. The Morgan fingerprint density at radius 3 is 3.11 bits per heavy atom. The number of carboxylic acids is 1. The van der Waals surface area contributed by atoms with Gasteiger partial charge in [-0.15, -0.1) is 0 Å². The molecular weight excluding hydrogens is 240 g/mol. The van der Waals surface area contributed by atoms with Crippen molar-refractivity contribution in [2.45, 2.75) is 26.0 Å². The number of carboxylic acid groups (broad SMARTS) is 1. The van der Waals surface area contributed by atoms with Crippen LogP contribution in [0.2, 0.25) is 0 Å². The number of aryl methyl sites for hydroxylation is 1. The van der Waals surface area contributed by atoms with Gasteiger partial charge in [-0.3, -0.25) is 4.79 Å². The number of ketones is 1. The molecule has 18 heavy (non-hydrogen) atoms. The van der Waals surface area contributed by atoms with Gasteiger partial charge in [0.15, 0.2) is 17.6 Å². The Labute approximate surface area is 103 Å². The van der Waals surface area contributed by atoms with E-state index in [9.17, 15) is 9.59 Å². The first kappa shape index (κ1) is 12.6. The third kappa shape index (κ3) is 2.51. The molecule has 1 saturated heterocycles. The van der Waals surface area contributed by atoms with Gasteiger partial charge in [-0.25, -0.2) is 9.48 Å². The number of rotatable bonds is 4. The van der Waals surface area contributed by atoms with Crippen molar-refractivity contribution < 1.29 is 24.2 Å². The summed E-state index contributed by atoms with van der Waals surface area (Å²) in [5.74, 6) is -0.890. The first-order valence-electron chi connectivity index (χ1n) is 5.70. The number of Topliss-reactive ketones (excluding diaryl/α,β-unsaturated/α-hetero) is 1. The Hall–Kier alpha value is -1.89. The largest absolute Gasteiger partial charge is 0.476 e. The van der Waals surface area contributed by atoms with Gasteiger partial charge in [0, 0.05) is 19.0 Å². The van der Waals surface area contributed by atoms with Crippen LogP contribution in [-0.2, 0) is 16.1 Å². The summed E-state index contributed by atoms with van der Waals surface area (Å²) in [5.41, 5.74) is -0.101. The fourth-order valence-electron chi connectivity index (χ4n) is 1.69. The van der Waals surface area contributed by atoms with E-state index in [0.29, 0.717) is 19.6 Å². The lowest BCUT2D eigenvalue weighted by Crippen LogP contribution is -2.37. The first-order valence-corrected chi connectivity index (χ1v) is 5.70. The highest BCUT2D eigenvalue weighted by atomic mass is 16.5. The molecule has 0 radical (unpaired) electrons. The summed E-state index contributed by atoms with van der Waals surface area (Å²) in [6, 6.07) is 1.31.